The van der Waals surface area contributed by atoms with Crippen LogP contribution in [0.2, 0.25) is 0 Å². The number of carbonyl (C=O) groups is 1. The Hall–Kier alpha value is -0.570. The van der Waals surface area contributed by atoms with E-state index in [1.807, 2.05) is 0 Å². The molecule has 0 aliphatic heterocycles. The van der Waals surface area contributed by atoms with E-state index in [1.54, 1.807) is 0 Å². The van der Waals surface area contributed by atoms with E-state index in [1.165, 1.54) is 77.7 Å². The summed E-state index contributed by atoms with van der Waals surface area (Å²) in [5.41, 5.74) is 0. The number of carbonyl (C=O) groups excluding carboxylic acids is 1. The van der Waals surface area contributed by atoms with E-state index in [2.05, 4.69) is 11.7 Å². The highest BCUT2D eigenvalue weighted by Gasteiger charge is 2.02. The van der Waals surface area contributed by atoms with Gasteiger partial charge in [-0.15, -0.1) is 0 Å². The summed E-state index contributed by atoms with van der Waals surface area (Å²) in [5.74, 6) is -0.0783. The Bertz CT molecular complexity index is 266. The van der Waals surface area contributed by atoms with Crippen LogP contribution >= 0.6 is 0 Å². The molecule has 144 valence electrons. The molecule has 0 saturated carbocycles. The molecule has 0 aromatic carbocycles. The molecule has 0 aliphatic carbocycles. The Kier molecular flexibility index (Phi) is 18.3. The zero-order valence-electron chi connectivity index (χ0n) is 16.4. The fraction of sp³-hybridized carbons (Fsp3) is 0.952. The minimum atomic E-state index is -0.0783. The highest BCUT2D eigenvalue weighted by Crippen LogP contribution is 2.14. The first-order valence-electron chi connectivity index (χ1n) is 10.5. The Labute approximate surface area is 150 Å². The summed E-state index contributed by atoms with van der Waals surface area (Å²) in [7, 11) is 1.46. The Balaban J connectivity index is 3.09. The fourth-order valence-electron chi connectivity index (χ4n) is 3.10. The average molecular weight is 343 g/mol. The first-order valence-corrected chi connectivity index (χ1v) is 10.5. The highest BCUT2D eigenvalue weighted by atomic mass is 16.5. The van der Waals surface area contributed by atoms with Crippen LogP contribution in [-0.4, -0.2) is 24.3 Å². The van der Waals surface area contributed by atoms with Gasteiger partial charge in [0.15, 0.2) is 0 Å². The van der Waals surface area contributed by atoms with E-state index >= 15 is 0 Å². The fourth-order valence-corrected chi connectivity index (χ4v) is 3.10. The number of methoxy groups -OCH3 is 1. The van der Waals surface area contributed by atoms with Crippen LogP contribution in [-0.2, 0) is 9.53 Å². The maximum atomic E-state index is 11.0. The molecule has 0 radical (unpaired) electrons. The molecule has 1 atom stereocenters. The smallest absolute Gasteiger partial charge is 0.305 e. The SMILES string of the molecule is CCCCC(O)CCCCCCCCCCCCCCC(=O)OC. The summed E-state index contributed by atoms with van der Waals surface area (Å²) in [5, 5.41) is 9.77. The molecule has 0 spiro atoms. The quantitative estimate of drug-likeness (QED) is 0.239. The third-order valence-electron chi connectivity index (χ3n) is 4.79. The molecule has 0 aromatic heterocycles. The zero-order chi connectivity index (χ0) is 17.9. The Morgan fingerprint density at radius 1 is 0.750 bits per heavy atom. The predicted octanol–water partition coefficient (Wildman–Crippen LogP) is 6.17. The van der Waals surface area contributed by atoms with Crippen LogP contribution in [0.4, 0.5) is 0 Å². The van der Waals surface area contributed by atoms with Crippen molar-refractivity contribution in [2.24, 2.45) is 0 Å². The van der Waals surface area contributed by atoms with Gasteiger partial charge in [-0.1, -0.05) is 90.4 Å². The summed E-state index contributed by atoms with van der Waals surface area (Å²) in [6.45, 7) is 2.18. The van der Waals surface area contributed by atoms with Crippen molar-refractivity contribution in [3.05, 3.63) is 0 Å². The summed E-state index contributed by atoms with van der Waals surface area (Å²) < 4.78 is 4.63. The number of aliphatic hydroxyl groups is 1. The van der Waals surface area contributed by atoms with Crippen LogP contribution in [0.15, 0.2) is 0 Å². The van der Waals surface area contributed by atoms with Gasteiger partial charge in [-0.05, 0) is 19.3 Å². The largest absolute Gasteiger partial charge is 0.469 e. The van der Waals surface area contributed by atoms with Crippen molar-refractivity contribution in [3.63, 3.8) is 0 Å². The lowest BCUT2D eigenvalue weighted by Crippen LogP contribution is -2.05. The molecule has 0 heterocycles. The summed E-state index contributed by atoms with van der Waals surface area (Å²) in [6.07, 6.45) is 20.1. The van der Waals surface area contributed by atoms with Gasteiger partial charge in [-0.3, -0.25) is 4.79 Å². The van der Waals surface area contributed by atoms with E-state index in [0.29, 0.717) is 6.42 Å². The molecule has 0 bridgehead atoms. The van der Waals surface area contributed by atoms with Crippen molar-refractivity contribution < 1.29 is 14.6 Å². The van der Waals surface area contributed by atoms with Crippen molar-refractivity contribution in [3.8, 4) is 0 Å². The maximum Gasteiger partial charge on any atom is 0.305 e. The molecule has 0 saturated heterocycles. The zero-order valence-corrected chi connectivity index (χ0v) is 16.4. The molecule has 1 unspecified atom stereocenters. The molecule has 0 aliphatic rings. The van der Waals surface area contributed by atoms with Gasteiger partial charge in [-0.2, -0.15) is 0 Å². The van der Waals surface area contributed by atoms with Gasteiger partial charge in [-0.25, -0.2) is 0 Å². The first-order chi connectivity index (χ1) is 11.7. The second kappa shape index (κ2) is 18.8. The molecular formula is C21H42O3. The molecule has 0 aromatic rings. The summed E-state index contributed by atoms with van der Waals surface area (Å²) in [6, 6.07) is 0. The monoisotopic (exact) mass is 342 g/mol. The van der Waals surface area contributed by atoms with Crippen molar-refractivity contribution in [2.45, 2.75) is 122 Å². The summed E-state index contributed by atoms with van der Waals surface area (Å²) >= 11 is 0. The third-order valence-corrected chi connectivity index (χ3v) is 4.79. The average Bonchev–Trinajstić information content (AvgIpc) is 2.59. The van der Waals surface area contributed by atoms with Crippen molar-refractivity contribution >= 4 is 5.97 Å². The van der Waals surface area contributed by atoms with Crippen molar-refractivity contribution in [1.29, 1.82) is 0 Å². The van der Waals surface area contributed by atoms with Gasteiger partial charge in [0.1, 0.15) is 0 Å². The lowest BCUT2D eigenvalue weighted by molar-refractivity contribution is -0.140. The lowest BCUT2D eigenvalue weighted by Gasteiger charge is -2.09. The van der Waals surface area contributed by atoms with Gasteiger partial charge in [0.25, 0.3) is 0 Å². The van der Waals surface area contributed by atoms with Crippen LogP contribution in [0.1, 0.15) is 116 Å². The Morgan fingerprint density at radius 2 is 1.17 bits per heavy atom. The van der Waals surface area contributed by atoms with E-state index in [-0.39, 0.29) is 12.1 Å². The van der Waals surface area contributed by atoms with E-state index in [0.717, 1.165) is 32.1 Å². The standard InChI is InChI=1S/C21H42O3/c1-3-4-17-20(22)18-15-13-11-9-7-5-6-8-10-12-14-16-19-21(23)24-2/h20,22H,3-19H2,1-2H3. The van der Waals surface area contributed by atoms with E-state index in [4.69, 9.17) is 0 Å². The van der Waals surface area contributed by atoms with Crippen LogP contribution in [0.5, 0.6) is 0 Å². The highest BCUT2D eigenvalue weighted by molar-refractivity contribution is 5.68. The number of ether oxygens (including phenoxy) is 1. The summed E-state index contributed by atoms with van der Waals surface area (Å²) in [4.78, 5) is 11.0. The second-order valence-electron chi connectivity index (χ2n) is 7.15. The number of rotatable bonds is 18. The molecule has 0 fully saturated rings. The third kappa shape index (κ3) is 17.8. The normalized spacial score (nSPS) is 12.3. The molecule has 24 heavy (non-hydrogen) atoms. The van der Waals surface area contributed by atoms with Gasteiger partial charge in [0.05, 0.1) is 13.2 Å². The maximum absolute atomic E-state index is 11.0. The van der Waals surface area contributed by atoms with E-state index < -0.39 is 0 Å². The Morgan fingerprint density at radius 3 is 1.62 bits per heavy atom. The minimum Gasteiger partial charge on any atom is -0.469 e. The molecular weight excluding hydrogens is 300 g/mol. The number of aliphatic hydroxyl groups excluding tert-OH is 1. The van der Waals surface area contributed by atoms with Crippen LogP contribution in [0.3, 0.4) is 0 Å². The number of unbranched alkanes of at least 4 members (excludes halogenated alkanes) is 12. The molecule has 0 amide bonds. The van der Waals surface area contributed by atoms with E-state index in [9.17, 15) is 9.90 Å². The predicted molar refractivity (Wildman–Crippen MR) is 102 cm³/mol. The van der Waals surface area contributed by atoms with Crippen LogP contribution in [0.25, 0.3) is 0 Å². The van der Waals surface area contributed by atoms with Crippen molar-refractivity contribution in [1.82, 2.24) is 0 Å². The van der Waals surface area contributed by atoms with Gasteiger partial charge in [0, 0.05) is 6.42 Å². The second-order valence-corrected chi connectivity index (χ2v) is 7.15. The van der Waals surface area contributed by atoms with Gasteiger partial charge in [0.2, 0.25) is 0 Å². The topological polar surface area (TPSA) is 46.5 Å². The molecule has 3 heteroatoms. The number of hydrogen-bond acceptors (Lipinski definition) is 3. The van der Waals surface area contributed by atoms with Crippen molar-refractivity contribution in [2.75, 3.05) is 7.11 Å². The molecule has 3 nitrogen and oxygen atoms in total. The minimum absolute atomic E-state index is 0.0578. The number of esters is 1. The van der Waals surface area contributed by atoms with Gasteiger partial charge < -0.3 is 9.84 Å². The number of hydrogen-bond donors (Lipinski definition) is 1. The van der Waals surface area contributed by atoms with Gasteiger partial charge >= 0.3 is 5.97 Å². The molecule has 0 rings (SSSR count). The van der Waals surface area contributed by atoms with Crippen LogP contribution < -0.4 is 0 Å². The molecule has 1 N–H and O–H groups in total. The van der Waals surface area contributed by atoms with Crippen LogP contribution in [0, 0.1) is 0 Å². The lowest BCUT2D eigenvalue weighted by atomic mass is 10.0. The first kappa shape index (κ1) is 23.4.